The summed E-state index contributed by atoms with van der Waals surface area (Å²) in [6.07, 6.45) is 3.24. The van der Waals surface area contributed by atoms with Gasteiger partial charge in [0.25, 0.3) is 5.56 Å². The lowest BCUT2D eigenvalue weighted by Crippen LogP contribution is -2.37. The number of ether oxygens (including phenoxy) is 1. The van der Waals surface area contributed by atoms with E-state index in [2.05, 4.69) is 10.4 Å². The van der Waals surface area contributed by atoms with Gasteiger partial charge in [-0.25, -0.2) is 4.68 Å². The monoisotopic (exact) mass is 305 g/mol. The molecule has 8 heteroatoms. The number of amides is 1. The molecule has 2 heterocycles. The summed E-state index contributed by atoms with van der Waals surface area (Å²) in [5.41, 5.74) is -0.582. The van der Waals surface area contributed by atoms with Crippen molar-refractivity contribution >= 4 is 29.1 Å². The van der Waals surface area contributed by atoms with Gasteiger partial charge < -0.3 is 10.1 Å². The number of hydrogen-bond acceptors (Lipinski definition) is 4. The summed E-state index contributed by atoms with van der Waals surface area (Å²) in [5.74, 6) is -0.316. The minimum atomic E-state index is -0.582. The average molecular weight is 306 g/mol. The van der Waals surface area contributed by atoms with E-state index in [0.717, 1.165) is 24.1 Å². The third-order valence-corrected chi connectivity index (χ3v) is 3.54. The van der Waals surface area contributed by atoms with Crippen LogP contribution in [-0.4, -0.2) is 34.9 Å². The normalized spacial score (nSPS) is 18.5. The van der Waals surface area contributed by atoms with Crippen LogP contribution in [0.15, 0.2) is 11.0 Å². The van der Waals surface area contributed by atoms with Crippen molar-refractivity contribution in [1.82, 2.24) is 15.1 Å². The molecule has 1 aromatic rings. The summed E-state index contributed by atoms with van der Waals surface area (Å²) in [4.78, 5) is 23.3. The van der Waals surface area contributed by atoms with Crippen molar-refractivity contribution in [2.75, 3.05) is 13.2 Å². The molecule has 1 atom stereocenters. The van der Waals surface area contributed by atoms with E-state index in [1.165, 1.54) is 6.20 Å². The van der Waals surface area contributed by atoms with Gasteiger partial charge in [-0.3, -0.25) is 9.59 Å². The van der Waals surface area contributed by atoms with Crippen molar-refractivity contribution in [3.05, 3.63) is 26.6 Å². The second kappa shape index (κ2) is 6.36. The second-order valence-corrected chi connectivity index (χ2v) is 4.99. The minimum absolute atomic E-state index is 0.0578. The number of carbonyl (C=O) groups is 1. The number of nitrogens with one attached hydrogen (secondary N) is 1. The Morgan fingerprint density at radius 3 is 3.05 bits per heavy atom. The van der Waals surface area contributed by atoms with Crippen LogP contribution < -0.4 is 10.9 Å². The maximum Gasteiger partial charge on any atom is 0.287 e. The Hall–Kier alpha value is -1.11. The fourth-order valence-corrected chi connectivity index (χ4v) is 2.05. The van der Waals surface area contributed by atoms with Crippen molar-refractivity contribution in [2.24, 2.45) is 0 Å². The van der Waals surface area contributed by atoms with E-state index in [9.17, 15) is 9.59 Å². The predicted octanol–water partition coefficient (Wildman–Crippen LogP) is 0.845. The molecular formula is C11H13Cl2N3O3. The molecule has 6 nitrogen and oxygen atoms in total. The maximum atomic E-state index is 11.7. The van der Waals surface area contributed by atoms with E-state index >= 15 is 0 Å². The molecular weight excluding hydrogens is 293 g/mol. The molecule has 0 bridgehead atoms. The maximum absolute atomic E-state index is 11.7. The van der Waals surface area contributed by atoms with E-state index in [1.54, 1.807) is 0 Å². The summed E-state index contributed by atoms with van der Waals surface area (Å²) in [6.45, 7) is 0.978. The van der Waals surface area contributed by atoms with Crippen molar-refractivity contribution < 1.29 is 9.53 Å². The molecule has 0 aromatic carbocycles. The van der Waals surface area contributed by atoms with Gasteiger partial charge in [0.05, 0.1) is 17.3 Å². The summed E-state index contributed by atoms with van der Waals surface area (Å²) >= 11 is 11.3. The Balaban J connectivity index is 1.91. The first kappa shape index (κ1) is 14.3. The third kappa shape index (κ3) is 3.68. The number of carbonyl (C=O) groups excluding carboxylic acids is 1. The molecule has 0 spiro atoms. The standard InChI is InChI=1S/C11H13Cl2N3O3/c12-8-5-15-16(11(18)10(8)13)6-9(17)14-4-7-2-1-3-19-7/h5,7H,1-4,6H2,(H,14,17). The second-order valence-electron chi connectivity index (χ2n) is 4.21. The van der Waals surface area contributed by atoms with Crippen LogP contribution in [0.5, 0.6) is 0 Å². The molecule has 1 fully saturated rings. The number of hydrogen-bond donors (Lipinski definition) is 1. The van der Waals surface area contributed by atoms with E-state index in [1.807, 2.05) is 0 Å². The largest absolute Gasteiger partial charge is 0.376 e. The van der Waals surface area contributed by atoms with Gasteiger partial charge in [-0.1, -0.05) is 23.2 Å². The van der Waals surface area contributed by atoms with Gasteiger partial charge in [-0.15, -0.1) is 0 Å². The lowest BCUT2D eigenvalue weighted by Gasteiger charge is -2.11. The molecule has 0 saturated carbocycles. The molecule has 1 aromatic heterocycles. The molecule has 19 heavy (non-hydrogen) atoms. The molecule has 1 amide bonds. The Morgan fingerprint density at radius 2 is 2.37 bits per heavy atom. The molecule has 0 radical (unpaired) electrons. The summed E-state index contributed by atoms with van der Waals surface area (Å²) < 4.78 is 6.35. The van der Waals surface area contributed by atoms with Crippen molar-refractivity contribution in [3.63, 3.8) is 0 Å². The zero-order valence-electron chi connectivity index (χ0n) is 10.1. The van der Waals surface area contributed by atoms with Gasteiger partial charge in [0.2, 0.25) is 5.91 Å². The summed E-state index contributed by atoms with van der Waals surface area (Å²) in [5, 5.41) is 6.39. The van der Waals surface area contributed by atoms with Gasteiger partial charge in [0.15, 0.2) is 0 Å². The quantitative estimate of drug-likeness (QED) is 0.895. The predicted molar refractivity (Wildman–Crippen MR) is 70.5 cm³/mol. The Bertz CT molecular complexity index is 526. The van der Waals surface area contributed by atoms with Crippen LogP contribution in [0.1, 0.15) is 12.8 Å². The summed E-state index contributed by atoms with van der Waals surface area (Å²) in [6, 6.07) is 0. The molecule has 1 saturated heterocycles. The topological polar surface area (TPSA) is 73.2 Å². The molecule has 1 unspecified atom stereocenters. The van der Waals surface area contributed by atoms with Crippen LogP contribution in [0.25, 0.3) is 0 Å². The number of aromatic nitrogens is 2. The number of rotatable bonds is 4. The SMILES string of the molecule is O=C(Cn1ncc(Cl)c(Cl)c1=O)NCC1CCCO1. The van der Waals surface area contributed by atoms with Crippen LogP contribution in [0.3, 0.4) is 0 Å². The van der Waals surface area contributed by atoms with Gasteiger partial charge in [-0.05, 0) is 12.8 Å². The van der Waals surface area contributed by atoms with Crippen LogP contribution in [0, 0.1) is 0 Å². The highest BCUT2D eigenvalue weighted by Crippen LogP contribution is 2.14. The lowest BCUT2D eigenvalue weighted by molar-refractivity contribution is -0.122. The molecule has 1 aliphatic rings. The van der Waals surface area contributed by atoms with E-state index in [4.69, 9.17) is 27.9 Å². The highest BCUT2D eigenvalue weighted by molar-refractivity contribution is 6.41. The van der Waals surface area contributed by atoms with Gasteiger partial charge in [0.1, 0.15) is 11.6 Å². The zero-order valence-corrected chi connectivity index (χ0v) is 11.6. The smallest absolute Gasteiger partial charge is 0.287 e. The summed E-state index contributed by atoms with van der Waals surface area (Å²) in [7, 11) is 0. The number of nitrogens with zero attached hydrogens (tertiary/aromatic N) is 2. The third-order valence-electron chi connectivity index (χ3n) is 2.79. The van der Waals surface area contributed by atoms with Gasteiger partial charge >= 0.3 is 0 Å². The first-order chi connectivity index (χ1) is 9.08. The fraction of sp³-hybridized carbons (Fsp3) is 0.545. The zero-order chi connectivity index (χ0) is 13.8. The van der Waals surface area contributed by atoms with Crippen LogP contribution in [0.2, 0.25) is 10.0 Å². The molecule has 2 rings (SSSR count). The molecule has 0 aliphatic carbocycles. The Kier molecular flexibility index (Phi) is 4.79. The van der Waals surface area contributed by atoms with Crippen molar-refractivity contribution in [3.8, 4) is 0 Å². The van der Waals surface area contributed by atoms with E-state index in [0.29, 0.717) is 6.54 Å². The number of halogens is 2. The highest BCUT2D eigenvalue weighted by atomic mass is 35.5. The van der Waals surface area contributed by atoms with Crippen LogP contribution in [0.4, 0.5) is 0 Å². The average Bonchev–Trinajstić information content (AvgIpc) is 2.90. The van der Waals surface area contributed by atoms with Crippen LogP contribution >= 0.6 is 23.2 Å². The Labute approximate surface area is 119 Å². The minimum Gasteiger partial charge on any atom is -0.376 e. The first-order valence-corrected chi connectivity index (χ1v) is 6.63. The molecule has 104 valence electrons. The van der Waals surface area contributed by atoms with Crippen molar-refractivity contribution in [2.45, 2.75) is 25.5 Å². The fourth-order valence-electron chi connectivity index (χ4n) is 1.78. The Morgan fingerprint density at radius 1 is 1.58 bits per heavy atom. The molecule has 1 N–H and O–H groups in total. The van der Waals surface area contributed by atoms with Gasteiger partial charge in [-0.2, -0.15) is 5.10 Å². The van der Waals surface area contributed by atoms with E-state index in [-0.39, 0.29) is 28.6 Å². The van der Waals surface area contributed by atoms with Crippen molar-refractivity contribution in [1.29, 1.82) is 0 Å². The van der Waals surface area contributed by atoms with E-state index < -0.39 is 5.56 Å². The molecule has 1 aliphatic heterocycles. The first-order valence-electron chi connectivity index (χ1n) is 5.87. The van der Waals surface area contributed by atoms with Gasteiger partial charge in [0, 0.05) is 13.2 Å². The highest BCUT2D eigenvalue weighted by Gasteiger charge is 2.17. The lowest BCUT2D eigenvalue weighted by atomic mass is 10.2. The van der Waals surface area contributed by atoms with Crippen LogP contribution in [-0.2, 0) is 16.1 Å².